The molecule has 2 unspecified atom stereocenters. The lowest BCUT2D eigenvalue weighted by molar-refractivity contribution is -0.160. The Morgan fingerprint density at radius 3 is 2.44 bits per heavy atom. The van der Waals surface area contributed by atoms with E-state index in [-0.39, 0.29) is 24.2 Å². The van der Waals surface area contributed by atoms with Gasteiger partial charge in [-0.15, -0.1) is 0 Å². The van der Waals surface area contributed by atoms with Crippen LogP contribution in [0.1, 0.15) is 38.8 Å². The number of nitrogens with zero attached hydrogens (tertiary/aromatic N) is 1. The molecule has 1 aromatic carbocycles. The summed E-state index contributed by atoms with van der Waals surface area (Å²) in [7, 11) is 0. The van der Waals surface area contributed by atoms with Crippen molar-refractivity contribution in [2.45, 2.75) is 45.4 Å². The lowest BCUT2D eigenvalue weighted by Crippen LogP contribution is -2.54. The van der Waals surface area contributed by atoms with Gasteiger partial charge in [0.2, 0.25) is 0 Å². The van der Waals surface area contributed by atoms with Crippen LogP contribution in [0.3, 0.4) is 0 Å². The fourth-order valence-corrected chi connectivity index (χ4v) is 2.36. The molecule has 0 saturated carbocycles. The molecule has 2 atom stereocenters. The van der Waals surface area contributed by atoms with Gasteiger partial charge in [-0.05, 0) is 32.8 Å². The summed E-state index contributed by atoms with van der Waals surface area (Å²) < 4.78 is 5.29. The second-order valence-corrected chi connectivity index (χ2v) is 5.11. The molecule has 1 saturated heterocycles. The van der Waals surface area contributed by atoms with Crippen LogP contribution >= 0.6 is 0 Å². The molecule has 98 valence electrons. The molecule has 1 fully saturated rings. The number of hydrogen-bond acceptors (Lipinski definition) is 3. The SMILES string of the molecule is CC(C)OC(=O)C1CCN1C(C)c1ccccc1. The van der Waals surface area contributed by atoms with Gasteiger partial charge in [-0.3, -0.25) is 9.69 Å². The number of likely N-dealkylation sites (tertiary alicyclic amines) is 1. The Balaban J connectivity index is 2.00. The quantitative estimate of drug-likeness (QED) is 0.766. The highest BCUT2D eigenvalue weighted by molar-refractivity contribution is 5.77. The molecular formula is C15H21NO2. The molecule has 0 amide bonds. The summed E-state index contributed by atoms with van der Waals surface area (Å²) in [6.45, 7) is 6.89. The summed E-state index contributed by atoms with van der Waals surface area (Å²) in [6.07, 6.45) is 0.870. The van der Waals surface area contributed by atoms with E-state index in [2.05, 4.69) is 24.0 Å². The summed E-state index contributed by atoms with van der Waals surface area (Å²) >= 11 is 0. The minimum atomic E-state index is -0.0842. The predicted octanol–water partition coefficient (Wildman–Crippen LogP) is 2.77. The van der Waals surface area contributed by atoms with Crippen molar-refractivity contribution in [1.82, 2.24) is 4.90 Å². The molecule has 0 radical (unpaired) electrons. The van der Waals surface area contributed by atoms with Crippen molar-refractivity contribution >= 4 is 5.97 Å². The fourth-order valence-electron chi connectivity index (χ4n) is 2.36. The summed E-state index contributed by atoms with van der Waals surface area (Å²) in [4.78, 5) is 14.1. The van der Waals surface area contributed by atoms with Crippen LogP contribution in [0.15, 0.2) is 30.3 Å². The van der Waals surface area contributed by atoms with Gasteiger partial charge in [0.05, 0.1) is 6.10 Å². The second-order valence-electron chi connectivity index (χ2n) is 5.11. The monoisotopic (exact) mass is 247 g/mol. The Kier molecular flexibility index (Phi) is 4.02. The van der Waals surface area contributed by atoms with E-state index in [0.717, 1.165) is 13.0 Å². The van der Waals surface area contributed by atoms with Gasteiger partial charge in [-0.1, -0.05) is 30.3 Å². The summed E-state index contributed by atoms with van der Waals surface area (Å²) in [6, 6.07) is 10.5. The zero-order chi connectivity index (χ0) is 13.1. The topological polar surface area (TPSA) is 29.5 Å². The van der Waals surface area contributed by atoms with Crippen molar-refractivity contribution < 1.29 is 9.53 Å². The van der Waals surface area contributed by atoms with E-state index in [1.165, 1.54) is 5.56 Å². The Bertz CT molecular complexity index is 402. The summed E-state index contributed by atoms with van der Waals surface area (Å²) in [5.41, 5.74) is 1.25. The van der Waals surface area contributed by atoms with Crippen molar-refractivity contribution in [1.29, 1.82) is 0 Å². The van der Waals surface area contributed by atoms with Crippen LogP contribution in [0, 0.1) is 0 Å². The Hall–Kier alpha value is -1.35. The Morgan fingerprint density at radius 1 is 1.28 bits per heavy atom. The standard InChI is InChI=1S/C15H21NO2/c1-11(2)18-15(17)14-9-10-16(14)12(3)13-7-5-4-6-8-13/h4-8,11-12,14H,9-10H2,1-3H3. The van der Waals surface area contributed by atoms with E-state index in [9.17, 15) is 4.79 Å². The molecule has 0 aromatic heterocycles. The average Bonchev–Trinajstić information content (AvgIpc) is 2.27. The van der Waals surface area contributed by atoms with Crippen LogP contribution in [0.2, 0.25) is 0 Å². The maximum atomic E-state index is 11.9. The first-order chi connectivity index (χ1) is 8.59. The lowest BCUT2D eigenvalue weighted by atomic mass is 9.96. The third-order valence-electron chi connectivity index (χ3n) is 3.46. The van der Waals surface area contributed by atoms with Crippen molar-refractivity contribution in [3.8, 4) is 0 Å². The van der Waals surface area contributed by atoms with Crippen LogP contribution < -0.4 is 0 Å². The third kappa shape index (κ3) is 2.72. The Morgan fingerprint density at radius 2 is 1.94 bits per heavy atom. The minimum absolute atomic E-state index is 0.0352. The molecule has 3 nitrogen and oxygen atoms in total. The van der Waals surface area contributed by atoms with Crippen molar-refractivity contribution in [2.75, 3.05) is 6.54 Å². The zero-order valence-corrected chi connectivity index (χ0v) is 11.3. The normalized spacial score (nSPS) is 21.4. The van der Waals surface area contributed by atoms with Crippen LogP contribution in [-0.4, -0.2) is 29.6 Å². The highest BCUT2D eigenvalue weighted by Crippen LogP contribution is 2.30. The predicted molar refractivity (Wildman–Crippen MR) is 71.2 cm³/mol. The zero-order valence-electron chi connectivity index (χ0n) is 11.3. The van der Waals surface area contributed by atoms with Gasteiger partial charge in [0.25, 0.3) is 0 Å². The third-order valence-corrected chi connectivity index (χ3v) is 3.46. The number of esters is 1. The van der Waals surface area contributed by atoms with Crippen LogP contribution in [0.5, 0.6) is 0 Å². The molecular weight excluding hydrogens is 226 g/mol. The molecule has 0 spiro atoms. The first kappa shape index (κ1) is 13.1. The number of benzene rings is 1. The van der Waals surface area contributed by atoms with Crippen molar-refractivity contribution in [3.05, 3.63) is 35.9 Å². The molecule has 3 heteroatoms. The van der Waals surface area contributed by atoms with Crippen molar-refractivity contribution in [3.63, 3.8) is 0 Å². The lowest BCUT2D eigenvalue weighted by Gasteiger charge is -2.43. The van der Waals surface area contributed by atoms with E-state index >= 15 is 0 Å². The molecule has 0 bridgehead atoms. The second kappa shape index (κ2) is 5.53. The fraction of sp³-hybridized carbons (Fsp3) is 0.533. The number of carbonyl (C=O) groups is 1. The van der Waals surface area contributed by atoms with E-state index in [1.807, 2.05) is 32.0 Å². The molecule has 1 aliphatic heterocycles. The molecule has 18 heavy (non-hydrogen) atoms. The first-order valence-electron chi connectivity index (χ1n) is 6.60. The van der Waals surface area contributed by atoms with Crippen LogP contribution in [-0.2, 0) is 9.53 Å². The maximum Gasteiger partial charge on any atom is 0.323 e. The van der Waals surface area contributed by atoms with Gasteiger partial charge in [-0.25, -0.2) is 0 Å². The van der Waals surface area contributed by atoms with E-state index in [0.29, 0.717) is 0 Å². The first-order valence-corrected chi connectivity index (χ1v) is 6.60. The van der Waals surface area contributed by atoms with Crippen molar-refractivity contribution in [2.24, 2.45) is 0 Å². The van der Waals surface area contributed by atoms with Gasteiger partial charge in [-0.2, -0.15) is 0 Å². The maximum absolute atomic E-state index is 11.9. The molecule has 1 aliphatic rings. The number of carbonyl (C=O) groups excluding carboxylic acids is 1. The van der Waals surface area contributed by atoms with Crippen LogP contribution in [0.4, 0.5) is 0 Å². The minimum Gasteiger partial charge on any atom is -0.462 e. The highest BCUT2D eigenvalue weighted by atomic mass is 16.5. The summed E-state index contributed by atoms with van der Waals surface area (Å²) in [5, 5.41) is 0. The Labute approximate surface area is 109 Å². The highest BCUT2D eigenvalue weighted by Gasteiger charge is 2.38. The smallest absolute Gasteiger partial charge is 0.323 e. The van der Waals surface area contributed by atoms with Gasteiger partial charge in [0.15, 0.2) is 0 Å². The number of hydrogen-bond donors (Lipinski definition) is 0. The molecule has 0 aliphatic carbocycles. The van der Waals surface area contributed by atoms with E-state index in [1.54, 1.807) is 0 Å². The molecule has 0 N–H and O–H groups in total. The summed E-state index contributed by atoms with van der Waals surface area (Å²) in [5.74, 6) is -0.0842. The largest absolute Gasteiger partial charge is 0.462 e. The van der Waals surface area contributed by atoms with Gasteiger partial charge in [0.1, 0.15) is 6.04 Å². The van der Waals surface area contributed by atoms with E-state index in [4.69, 9.17) is 4.74 Å². The average molecular weight is 247 g/mol. The number of rotatable bonds is 4. The van der Waals surface area contributed by atoms with E-state index < -0.39 is 0 Å². The van der Waals surface area contributed by atoms with Gasteiger partial charge >= 0.3 is 5.97 Å². The van der Waals surface area contributed by atoms with Gasteiger partial charge in [0, 0.05) is 12.6 Å². The molecule has 2 rings (SSSR count). The van der Waals surface area contributed by atoms with Crippen LogP contribution in [0.25, 0.3) is 0 Å². The van der Waals surface area contributed by atoms with Gasteiger partial charge < -0.3 is 4.74 Å². The molecule has 1 heterocycles. The number of ether oxygens (including phenoxy) is 1. The molecule has 1 aromatic rings.